The zero-order chi connectivity index (χ0) is 16.8. The lowest BCUT2D eigenvalue weighted by Gasteiger charge is -2.32. The van der Waals surface area contributed by atoms with Crippen LogP contribution in [0.4, 0.5) is 4.39 Å². The number of benzene rings is 1. The van der Waals surface area contributed by atoms with Gasteiger partial charge in [0.1, 0.15) is 11.5 Å². The summed E-state index contributed by atoms with van der Waals surface area (Å²) >= 11 is 6.09. The standard InChI is InChI=1S/C16H19BClFO4/c1-15(2)16(3,4)23-17(22-15)13(19)7-10-5-12(18)6-11-8-20-9-21-14(10)11/h5-7H,8-9H2,1-4H3. The summed E-state index contributed by atoms with van der Waals surface area (Å²) in [5, 5.41) is 0.491. The maximum absolute atomic E-state index is 14.7. The lowest BCUT2D eigenvalue weighted by molar-refractivity contribution is -0.0165. The van der Waals surface area contributed by atoms with E-state index in [1.54, 1.807) is 12.1 Å². The van der Waals surface area contributed by atoms with E-state index in [-0.39, 0.29) is 6.79 Å². The second-order valence-corrected chi connectivity index (χ2v) is 7.15. The Kier molecular flexibility index (Phi) is 4.21. The first-order valence-electron chi connectivity index (χ1n) is 7.45. The van der Waals surface area contributed by atoms with Crippen molar-refractivity contribution in [2.75, 3.05) is 6.79 Å². The molecule has 7 heteroatoms. The molecule has 0 N–H and O–H groups in total. The fraction of sp³-hybridized carbons (Fsp3) is 0.500. The topological polar surface area (TPSA) is 36.9 Å². The highest BCUT2D eigenvalue weighted by molar-refractivity contribution is 6.54. The Labute approximate surface area is 140 Å². The molecule has 3 rings (SSSR count). The van der Waals surface area contributed by atoms with Crippen molar-refractivity contribution in [3.05, 3.63) is 34.0 Å². The molecule has 0 spiro atoms. The number of halogens is 2. The van der Waals surface area contributed by atoms with Crippen LogP contribution in [0.2, 0.25) is 5.02 Å². The molecule has 1 saturated heterocycles. The van der Waals surface area contributed by atoms with Gasteiger partial charge in [0.2, 0.25) is 0 Å². The van der Waals surface area contributed by atoms with E-state index in [1.807, 2.05) is 27.7 Å². The molecule has 1 fully saturated rings. The second kappa shape index (κ2) is 5.78. The molecule has 1 aromatic rings. The average Bonchev–Trinajstić information content (AvgIpc) is 2.67. The first-order valence-corrected chi connectivity index (χ1v) is 7.83. The van der Waals surface area contributed by atoms with Crippen LogP contribution in [0.1, 0.15) is 38.8 Å². The Morgan fingerprint density at radius 2 is 1.87 bits per heavy atom. The minimum Gasteiger partial charge on any atom is -0.467 e. The largest absolute Gasteiger partial charge is 0.525 e. The second-order valence-electron chi connectivity index (χ2n) is 6.71. The van der Waals surface area contributed by atoms with Gasteiger partial charge >= 0.3 is 7.12 Å². The van der Waals surface area contributed by atoms with Gasteiger partial charge in [0.25, 0.3) is 0 Å². The smallest absolute Gasteiger partial charge is 0.467 e. The summed E-state index contributed by atoms with van der Waals surface area (Å²) in [4.78, 5) is 0. The predicted molar refractivity (Wildman–Crippen MR) is 86.9 cm³/mol. The van der Waals surface area contributed by atoms with Gasteiger partial charge in [-0.3, -0.25) is 0 Å². The molecule has 1 aromatic carbocycles. The quantitative estimate of drug-likeness (QED) is 0.758. The number of hydrogen-bond donors (Lipinski definition) is 0. The normalized spacial score (nSPS) is 22.7. The molecule has 0 amide bonds. The lowest BCUT2D eigenvalue weighted by Crippen LogP contribution is -2.41. The highest BCUT2D eigenvalue weighted by Crippen LogP contribution is 2.40. The molecule has 0 atom stereocenters. The first kappa shape index (κ1) is 16.8. The van der Waals surface area contributed by atoms with Gasteiger partial charge in [-0.15, -0.1) is 0 Å². The van der Waals surface area contributed by atoms with E-state index in [1.165, 1.54) is 6.08 Å². The van der Waals surface area contributed by atoms with E-state index in [2.05, 4.69) is 0 Å². The summed E-state index contributed by atoms with van der Waals surface area (Å²) < 4.78 is 36.8. The summed E-state index contributed by atoms with van der Waals surface area (Å²) in [7, 11) is -1.05. The minimum absolute atomic E-state index is 0.133. The summed E-state index contributed by atoms with van der Waals surface area (Å²) in [5.41, 5.74) is -0.384. The molecule has 0 aromatic heterocycles. The van der Waals surface area contributed by atoms with Crippen LogP contribution in [-0.2, 0) is 20.7 Å². The molecule has 4 nitrogen and oxygen atoms in total. The van der Waals surface area contributed by atoms with Gasteiger partial charge < -0.3 is 18.8 Å². The van der Waals surface area contributed by atoms with Gasteiger partial charge in [0.15, 0.2) is 6.79 Å². The molecule has 2 heterocycles. The highest BCUT2D eigenvalue weighted by atomic mass is 35.5. The van der Waals surface area contributed by atoms with Crippen molar-refractivity contribution in [3.63, 3.8) is 0 Å². The molecule has 2 aliphatic rings. The third-order valence-corrected chi connectivity index (χ3v) is 4.69. The predicted octanol–water partition coefficient (Wildman–Crippen LogP) is 4.15. The molecule has 0 aliphatic carbocycles. The van der Waals surface area contributed by atoms with Gasteiger partial charge in [-0.25, -0.2) is 4.39 Å². The van der Waals surface area contributed by atoms with Gasteiger partial charge in [-0.2, -0.15) is 0 Å². The van der Waals surface area contributed by atoms with Crippen LogP contribution in [0.5, 0.6) is 5.75 Å². The van der Waals surface area contributed by atoms with Crippen LogP contribution in [-0.4, -0.2) is 25.1 Å². The Morgan fingerprint density at radius 3 is 2.52 bits per heavy atom. The molecule has 0 unspecified atom stereocenters. The van der Waals surface area contributed by atoms with E-state index in [0.29, 0.717) is 22.9 Å². The number of fused-ring (bicyclic) bond motifs is 1. The molecule has 0 saturated carbocycles. The van der Waals surface area contributed by atoms with Gasteiger partial charge in [-0.05, 0) is 45.9 Å². The van der Waals surface area contributed by atoms with E-state index >= 15 is 0 Å². The van der Waals surface area contributed by atoms with Crippen molar-refractivity contribution in [1.29, 1.82) is 0 Å². The third-order valence-electron chi connectivity index (χ3n) is 4.48. The van der Waals surface area contributed by atoms with Gasteiger partial charge in [0, 0.05) is 16.1 Å². The molecule has 23 heavy (non-hydrogen) atoms. The van der Waals surface area contributed by atoms with Crippen molar-refractivity contribution >= 4 is 24.8 Å². The van der Waals surface area contributed by atoms with E-state index < -0.39 is 24.0 Å². The maximum atomic E-state index is 14.7. The van der Waals surface area contributed by atoms with Gasteiger partial charge in [0.05, 0.1) is 17.8 Å². The van der Waals surface area contributed by atoms with Crippen LogP contribution in [0.25, 0.3) is 6.08 Å². The van der Waals surface area contributed by atoms with Crippen LogP contribution in [0.3, 0.4) is 0 Å². The van der Waals surface area contributed by atoms with Crippen molar-refractivity contribution in [2.45, 2.75) is 45.5 Å². The van der Waals surface area contributed by atoms with Crippen LogP contribution < -0.4 is 4.74 Å². The molecule has 2 aliphatic heterocycles. The molecule has 0 radical (unpaired) electrons. The lowest BCUT2D eigenvalue weighted by atomic mass is 9.86. The SMILES string of the molecule is CC1(C)OB(C(F)=Cc2cc(Cl)cc3c2OCOC3)OC1(C)C. The van der Waals surface area contributed by atoms with E-state index in [9.17, 15) is 4.39 Å². The fourth-order valence-corrected chi connectivity index (χ4v) is 2.74. The van der Waals surface area contributed by atoms with E-state index in [0.717, 1.165) is 5.56 Å². The van der Waals surface area contributed by atoms with Crippen molar-refractivity contribution in [1.82, 2.24) is 0 Å². The summed E-state index contributed by atoms with van der Waals surface area (Å²) in [5.74, 6) is 0.576. The van der Waals surface area contributed by atoms with Crippen LogP contribution in [0, 0.1) is 0 Å². The fourth-order valence-electron chi connectivity index (χ4n) is 2.49. The monoisotopic (exact) mass is 340 g/mol. The summed E-state index contributed by atoms with van der Waals surface area (Å²) in [6.45, 7) is 8.02. The van der Waals surface area contributed by atoms with Crippen LogP contribution >= 0.6 is 11.6 Å². The molecular formula is C16H19BClFO4. The molecule has 0 bridgehead atoms. The summed E-state index contributed by atoms with van der Waals surface area (Å²) in [6.07, 6.45) is 1.35. The molecular weight excluding hydrogens is 321 g/mol. The van der Waals surface area contributed by atoms with Crippen LogP contribution in [0.15, 0.2) is 17.9 Å². The maximum Gasteiger partial charge on any atom is 0.525 e. The first-order chi connectivity index (χ1) is 10.7. The summed E-state index contributed by atoms with van der Waals surface area (Å²) in [6, 6.07) is 3.40. The van der Waals surface area contributed by atoms with Crippen molar-refractivity contribution in [2.24, 2.45) is 0 Å². The van der Waals surface area contributed by atoms with Gasteiger partial charge in [-0.1, -0.05) is 11.6 Å². The van der Waals surface area contributed by atoms with E-state index in [4.69, 9.17) is 30.4 Å². The average molecular weight is 341 g/mol. The zero-order valence-electron chi connectivity index (χ0n) is 13.6. The minimum atomic E-state index is -1.05. The highest BCUT2D eigenvalue weighted by Gasteiger charge is 2.53. The van der Waals surface area contributed by atoms with Crippen molar-refractivity contribution < 1.29 is 23.2 Å². The number of ether oxygens (including phenoxy) is 2. The number of hydrogen-bond acceptors (Lipinski definition) is 4. The third kappa shape index (κ3) is 3.13. The molecule has 124 valence electrons. The van der Waals surface area contributed by atoms with Crippen molar-refractivity contribution in [3.8, 4) is 5.75 Å². The Bertz CT molecular complexity index is 644. The number of rotatable bonds is 2. The Hall–Kier alpha value is -1.08. The Morgan fingerprint density at radius 1 is 1.22 bits per heavy atom. The zero-order valence-corrected chi connectivity index (χ0v) is 14.4. The Balaban J connectivity index is 1.92.